The number of furan rings is 1. The third-order valence-electron chi connectivity index (χ3n) is 6.36. The summed E-state index contributed by atoms with van der Waals surface area (Å²) in [5.74, 6) is 1.77. The number of hydrogen-bond donors (Lipinski definition) is 1. The van der Waals surface area contributed by atoms with Gasteiger partial charge in [0.05, 0.1) is 51.3 Å². The molecule has 3 aromatic heterocycles. The molecule has 0 saturated heterocycles. The van der Waals surface area contributed by atoms with Crippen LogP contribution in [0.4, 0.5) is 5.82 Å². The predicted molar refractivity (Wildman–Crippen MR) is 141 cm³/mol. The van der Waals surface area contributed by atoms with Gasteiger partial charge in [-0.1, -0.05) is 6.07 Å². The zero-order chi connectivity index (χ0) is 27.1. The van der Waals surface area contributed by atoms with Crippen LogP contribution in [0, 0.1) is 18.3 Å². The fraction of sp³-hybridized carbons (Fsp3) is 0.179. The highest BCUT2D eigenvalue weighted by atomic mass is 16.5. The van der Waals surface area contributed by atoms with E-state index in [1.54, 1.807) is 37.3 Å². The molecule has 0 unspecified atom stereocenters. The molecule has 0 aliphatic rings. The largest absolute Gasteiger partial charge is 0.495 e. The number of rotatable bonds is 6. The number of aryl methyl sites for hydroxylation is 1. The van der Waals surface area contributed by atoms with Crippen LogP contribution in [0.3, 0.4) is 0 Å². The number of fused-ring (bicyclic) bond motifs is 2. The van der Waals surface area contributed by atoms with E-state index < -0.39 is 5.43 Å². The van der Waals surface area contributed by atoms with Crippen LogP contribution in [-0.2, 0) is 0 Å². The molecule has 0 amide bonds. The number of nitrogens with zero attached hydrogens (tertiary/aromatic N) is 2. The van der Waals surface area contributed by atoms with Crippen molar-refractivity contribution >= 4 is 27.8 Å². The Labute approximate surface area is 216 Å². The first kappa shape index (κ1) is 24.5. The quantitative estimate of drug-likeness (QED) is 0.327. The van der Waals surface area contributed by atoms with Crippen molar-refractivity contribution in [1.29, 1.82) is 5.26 Å². The molecule has 0 spiro atoms. The highest BCUT2D eigenvalue weighted by Gasteiger charge is 2.27. The van der Waals surface area contributed by atoms with Gasteiger partial charge in [0, 0.05) is 5.56 Å². The number of nitriles is 1. The summed E-state index contributed by atoms with van der Waals surface area (Å²) in [6, 6.07) is 10.6. The molecule has 2 N–H and O–H groups in total. The Balaban J connectivity index is 1.84. The number of pyridine rings is 1. The Hall–Kier alpha value is -5.17. The number of hydrogen-bond acceptors (Lipinski definition) is 10. The summed E-state index contributed by atoms with van der Waals surface area (Å²) >= 11 is 0. The van der Waals surface area contributed by atoms with Crippen LogP contribution < -0.4 is 30.1 Å². The van der Waals surface area contributed by atoms with Gasteiger partial charge in [0.2, 0.25) is 11.2 Å². The van der Waals surface area contributed by atoms with E-state index in [1.165, 1.54) is 34.7 Å². The molecule has 5 rings (SSSR count). The van der Waals surface area contributed by atoms with Gasteiger partial charge in [-0.25, -0.2) is 4.98 Å². The first-order valence-corrected chi connectivity index (χ1v) is 11.4. The van der Waals surface area contributed by atoms with Crippen LogP contribution in [-0.4, -0.2) is 33.4 Å². The van der Waals surface area contributed by atoms with Gasteiger partial charge in [0.1, 0.15) is 34.3 Å². The molecule has 0 aliphatic carbocycles. The van der Waals surface area contributed by atoms with Gasteiger partial charge in [-0.15, -0.1) is 0 Å². The summed E-state index contributed by atoms with van der Waals surface area (Å²) in [6.07, 6.45) is 1.48. The summed E-state index contributed by atoms with van der Waals surface area (Å²) in [5.41, 5.74) is 8.03. The third kappa shape index (κ3) is 3.56. The van der Waals surface area contributed by atoms with Crippen molar-refractivity contribution in [3.63, 3.8) is 0 Å². The van der Waals surface area contributed by atoms with Crippen molar-refractivity contribution in [1.82, 2.24) is 4.98 Å². The van der Waals surface area contributed by atoms with Gasteiger partial charge < -0.3 is 33.5 Å². The molecule has 5 aromatic rings. The number of aromatic nitrogens is 1. The second-order valence-corrected chi connectivity index (χ2v) is 8.29. The predicted octanol–water partition coefficient (Wildman–Crippen LogP) is 5.06. The lowest BCUT2D eigenvalue weighted by molar-refractivity contribution is 0.355. The maximum absolute atomic E-state index is 14.1. The van der Waals surface area contributed by atoms with Crippen LogP contribution in [0.2, 0.25) is 0 Å². The molecule has 0 aliphatic heterocycles. The molecule has 3 heterocycles. The van der Waals surface area contributed by atoms with Gasteiger partial charge in [-0.05, 0) is 36.8 Å². The van der Waals surface area contributed by atoms with Gasteiger partial charge in [-0.3, -0.25) is 4.79 Å². The lowest BCUT2D eigenvalue weighted by atomic mass is 9.97. The summed E-state index contributed by atoms with van der Waals surface area (Å²) in [7, 11) is 5.97. The second-order valence-electron chi connectivity index (χ2n) is 8.29. The van der Waals surface area contributed by atoms with Crippen LogP contribution >= 0.6 is 0 Å². The van der Waals surface area contributed by atoms with Crippen LogP contribution in [0.15, 0.2) is 50.2 Å². The summed E-state index contributed by atoms with van der Waals surface area (Å²) in [4.78, 5) is 18.5. The van der Waals surface area contributed by atoms with E-state index in [4.69, 9.17) is 33.5 Å². The zero-order valence-corrected chi connectivity index (χ0v) is 21.3. The van der Waals surface area contributed by atoms with Crippen molar-refractivity contribution in [3.05, 3.63) is 58.1 Å². The number of benzene rings is 2. The molecule has 0 atom stereocenters. The summed E-state index contributed by atoms with van der Waals surface area (Å²) in [5, 5.41) is 10.6. The summed E-state index contributed by atoms with van der Waals surface area (Å²) in [6.45, 7) is 1.64. The molecule has 0 saturated carbocycles. The smallest absolute Gasteiger partial charge is 0.206 e. The standard InChI is InChI=1S/C28H23N3O7/c1-13-21(23(32)22-24(35-4)15-8-9-37-25(15)27(36-5)26(22)38-13)18-11-16(17(12-29)28(30)31-18)14-6-7-19(33-2)20(10-14)34-3/h6-11H,1-5H3,(H2,30,31). The van der Waals surface area contributed by atoms with Gasteiger partial charge in [0.25, 0.3) is 0 Å². The van der Waals surface area contributed by atoms with E-state index >= 15 is 0 Å². The Morgan fingerprint density at radius 2 is 1.68 bits per heavy atom. The number of nitrogen functional groups attached to an aromatic ring is 1. The van der Waals surface area contributed by atoms with E-state index in [0.717, 1.165) is 0 Å². The topological polar surface area (TPSA) is 143 Å². The molecule has 0 fully saturated rings. The first-order chi connectivity index (χ1) is 18.4. The van der Waals surface area contributed by atoms with E-state index in [9.17, 15) is 10.1 Å². The number of nitrogens with two attached hydrogens (primary N) is 1. The van der Waals surface area contributed by atoms with Crippen LogP contribution in [0.5, 0.6) is 23.0 Å². The minimum absolute atomic E-state index is 0.0384. The fourth-order valence-electron chi connectivity index (χ4n) is 4.65. The van der Waals surface area contributed by atoms with Crippen molar-refractivity contribution in [2.75, 3.05) is 34.2 Å². The molecule has 0 radical (unpaired) electrons. The monoisotopic (exact) mass is 513 g/mol. The Morgan fingerprint density at radius 1 is 0.947 bits per heavy atom. The molecular formula is C28H23N3O7. The lowest BCUT2D eigenvalue weighted by Gasteiger charge is -2.15. The zero-order valence-electron chi connectivity index (χ0n) is 21.3. The average Bonchev–Trinajstić information content (AvgIpc) is 3.40. The average molecular weight is 514 g/mol. The van der Waals surface area contributed by atoms with Crippen molar-refractivity contribution in [2.24, 2.45) is 0 Å². The second kappa shape index (κ2) is 9.37. The van der Waals surface area contributed by atoms with Crippen LogP contribution in [0.25, 0.3) is 44.3 Å². The maximum atomic E-state index is 14.1. The molecule has 192 valence electrons. The first-order valence-electron chi connectivity index (χ1n) is 11.4. The molecular weight excluding hydrogens is 490 g/mol. The molecule has 10 nitrogen and oxygen atoms in total. The van der Waals surface area contributed by atoms with Gasteiger partial charge >= 0.3 is 0 Å². The number of methoxy groups -OCH3 is 4. The minimum atomic E-state index is -0.406. The minimum Gasteiger partial charge on any atom is -0.495 e. The van der Waals surface area contributed by atoms with Crippen molar-refractivity contribution in [3.8, 4) is 51.5 Å². The van der Waals surface area contributed by atoms with Crippen molar-refractivity contribution < 1.29 is 27.8 Å². The number of anilines is 1. The Kier molecular flexibility index (Phi) is 6.04. The lowest BCUT2D eigenvalue weighted by Crippen LogP contribution is -2.12. The van der Waals surface area contributed by atoms with Gasteiger partial charge in [-0.2, -0.15) is 5.26 Å². The maximum Gasteiger partial charge on any atom is 0.206 e. The third-order valence-corrected chi connectivity index (χ3v) is 6.36. The van der Waals surface area contributed by atoms with E-state index in [-0.39, 0.29) is 50.9 Å². The fourth-order valence-corrected chi connectivity index (χ4v) is 4.65. The highest BCUT2D eigenvalue weighted by molar-refractivity contribution is 6.07. The Bertz CT molecular complexity index is 1830. The SMILES string of the molecule is COc1ccc(-c2cc(-c3c(C)oc4c(OC)c5occc5c(OC)c4c3=O)nc(N)c2C#N)cc1OC. The van der Waals surface area contributed by atoms with E-state index in [2.05, 4.69) is 11.1 Å². The van der Waals surface area contributed by atoms with E-state index in [0.29, 0.717) is 33.6 Å². The van der Waals surface area contributed by atoms with E-state index in [1.807, 2.05) is 0 Å². The van der Waals surface area contributed by atoms with Gasteiger partial charge in [0.15, 0.2) is 22.7 Å². The molecule has 2 aromatic carbocycles. The highest BCUT2D eigenvalue weighted by Crippen LogP contribution is 2.43. The van der Waals surface area contributed by atoms with Crippen molar-refractivity contribution in [2.45, 2.75) is 6.92 Å². The summed E-state index contributed by atoms with van der Waals surface area (Å²) < 4.78 is 33.6. The molecule has 0 bridgehead atoms. The number of ether oxygens (including phenoxy) is 4. The molecule has 10 heteroatoms. The normalized spacial score (nSPS) is 10.9. The van der Waals surface area contributed by atoms with Crippen LogP contribution in [0.1, 0.15) is 11.3 Å². The Morgan fingerprint density at radius 3 is 2.34 bits per heavy atom. The molecule has 38 heavy (non-hydrogen) atoms.